The fraction of sp³-hybridized carbons (Fsp3) is 0.522. The van der Waals surface area contributed by atoms with Crippen LogP contribution >= 0.6 is 0 Å². The van der Waals surface area contributed by atoms with Gasteiger partial charge in [-0.25, -0.2) is 0 Å². The predicted octanol–water partition coefficient (Wildman–Crippen LogP) is 3.06. The molecule has 1 aliphatic carbocycles. The summed E-state index contributed by atoms with van der Waals surface area (Å²) in [7, 11) is 0. The Labute approximate surface area is 175 Å². The van der Waals surface area contributed by atoms with Crippen LogP contribution in [0.25, 0.3) is 10.9 Å². The second-order valence-corrected chi connectivity index (χ2v) is 9.17. The third-order valence-electron chi connectivity index (χ3n) is 7.36. The van der Waals surface area contributed by atoms with Crippen LogP contribution in [-0.2, 0) is 16.0 Å². The Morgan fingerprint density at radius 1 is 1.23 bits per heavy atom. The highest BCUT2D eigenvalue weighted by molar-refractivity contribution is 5.89. The molecule has 2 aromatic heterocycles. The molecule has 3 aromatic rings. The van der Waals surface area contributed by atoms with Crippen molar-refractivity contribution in [1.82, 2.24) is 24.6 Å². The maximum atomic E-state index is 13.4. The van der Waals surface area contributed by atoms with Gasteiger partial charge in [-0.2, -0.15) is 0 Å². The standard InChI is InChI=1S/C23H27N5O2/c29-21(11-16-12-24-20-4-2-1-3-18(16)20)27-13-19(23(14-27)7-9-30-10-8-23)22-26-25-15-28(22)17-5-6-17/h1-4,12,15,17,19,24H,5-11,13-14H2. The first-order chi connectivity index (χ1) is 14.7. The lowest BCUT2D eigenvalue weighted by Crippen LogP contribution is -2.38. The lowest BCUT2D eigenvalue weighted by molar-refractivity contribution is -0.130. The van der Waals surface area contributed by atoms with E-state index in [1.54, 1.807) is 0 Å². The van der Waals surface area contributed by atoms with Crippen molar-refractivity contribution in [2.75, 3.05) is 26.3 Å². The Bertz CT molecular complexity index is 1080. The van der Waals surface area contributed by atoms with E-state index in [9.17, 15) is 4.79 Å². The van der Waals surface area contributed by atoms with Gasteiger partial charge in [0.05, 0.1) is 6.42 Å². The van der Waals surface area contributed by atoms with Crippen molar-refractivity contribution >= 4 is 16.8 Å². The molecule has 1 spiro atoms. The summed E-state index contributed by atoms with van der Waals surface area (Å²) in [6, 6.07) is 8.72. The minimum absolute atomic E-state index is 0.0494. The van der Waals surface area contributed by atoms with Gasteiger partial charge in [0.25, 0.3) is 0 Å². The predicted molar refractivity (Wildman–Crippen MR) is 112 cm³/mol. The van der Waals surface area contributed by atoms with Gasteiger partial charge in [-0.1, -0.05) is 18.2 Å². The van der Waals surface area contributed by atoms with Crippen LogP contribution < -0.4 is 0 Å². The second-order valence-electron chi connectivity index (χ2n) is 9.17. The number of carbonyl (C=O) groups is 1. The number of rotatable bonds is 4. The quantitative estimate of drug-likeness (QED) is 0.724. The number of amides is 1. The molecule has 30 heavy (non-hydrogen) atoms. The molecule has 2 saturated heterocycles. The Balaban J connectivity index is 1.28. The first-order valence-electron chi connectivity index (χ1n) is 11.0. The van der Waals surface area contributed by atoms with Crippen LogP contribution in [0, 0.1) is 5.41 Å². The summed E-state index contributed by atoms with van der Waals surface area (Å²) in [6.45, 7) is 3.05. The zero-order valence-corrected chi connectivity index (χ0v) is 17.1. The van der Waals surface area contributed by atoms with E-state index in [0.29, 0.717) is 12.5 Å². The molecule has 1 saturated carbocycles. The molecule has 1 unspecified atom stereocenters. The van der Waals surface area contributed by atoms with E-state index in [-0.39, 0.29) is 17.2 Å². The van der Waals surface area contributed by atoms with Crippen LogP contribution in [0.3, 0.4) is 0 Å². The molecule has 1 N–H and O–H groups in total. The zero-order chi connectivity index (χ0) is 20.1. The Hall–Kier alpha value is -2.67. The number of hydrogen-bond acceptors (Lipinski definition) is 4. The normalized spacial score (nSPS) is 23.5. The SMILES string of the molecule is O=C(Cc1c[nH]c2ccccc12)N1CC(c2nncn2C2CC2)C2(CCOCC2)C1. The molecule has 0 radical (unpaired) electrons. The third kappa shape index (κ3) is 2.95. The average Bonchev–Trinajstić information content (AvgIpc) is 3.20. The number of likely N-dealkylation sites (tertiary alicyclic amines) is 1. The van der Waals surface area contributed by atoms with Crippen molar-refractivity contribution in [2.45, 2.75) is 44.1 Å². The number of fused-ring (bicyclic) bond motifs is 1. The number of aromatic amines is 1. The molecule has 3 aliphatic rings. The largest absolute Gasteiger partial charge is 0.381 e. The molecule has 7 nitrogen and oxygen atoms in total. The van der Waals surface area contributed by atoms with E-state index in [4.69, 9.17) is 4.74 Å². The molecule has 6 rings (SSSR count). The van der Waals surface area contributed by atoms with Gasteiger partial charge in [0.15, 0.2) is 0 Å². The van der Waals surface area contributed by atoms with Gasteiger partial charge in [-0.3, -0.25) is 4.79 Å². The third-order valence-corrected chi connectivity index (χ3v) is 7.36. The van der Waals surface area contributed by atoms with Gasteiger partial charge in [-0.15, -0.1) is 10.2 Å². The van der Waals surface area contributed by atoms with Crippen LogP contribution in [-0.4, -0.2) is 56.9 Å². The van der Waals surface area contributed by atoms with Crippen molar-refractivity contribution in [2.24, 2.45) is 5.41 Å². The number of nitrogens with one attached hydrogen (secondary N) is 1. The number of H-pyrrole nitrogens is 1. The lowest BCUT2D eigenvalue weighted by atomic mass is 9.71. The van der Waals surface area contributed by atoms with Crippen molar-refractivity contribution in [3.63, 3.8) is 0 Å². The van der Waals surface area contributed by atoms with Gasteiger partial charge in [0, 0.05) is 60.8 Å². The maximum Gasteiger partial charge on any atom is 0.227 e. The topological polar surface area (TPSA) is 76.0 Å². The summed E-state index contributed by atoms with van der Waals surface area (Å²) < 4.78 is 7.96. The van der Waals surface area contributed by atoms with Crippen LogP contribution in [0.1, 0.15) is 49.0 Å². The first kappa shape index (κ1) is 18.1. The van der Waals surface area contributed by atoms with Crippen LogP contribution in [0.5, 0.6) is 0 Å². The summed E-state index contributed by atoms with van der Waals surface area (Å²) in [4.78, 5) is 18.7. The summed E-state index contributed by atoms with van der Waals surface area (Å²) in [5.74, 6) is 1.50. The average molecular weight is 406 g/mol. The number of hydrogen-bond donors (Lipinski definition) is 1. The lowest BCUT2D eigenvalue weighted by Gasteiger charge is -2.37. The molecular formula is C23H27N5O2. The van der Waals surface area contributed by atoms with Gasteiger partial charge >= 0.3 is 0 Å². The smallest absolute Gasteiger partial charge is 0.227 e. The molecule has 4 heterocycles. The summed E-state index contributed by atoms with van der Waals surface area (Å²) in [6.07, 6.45) is 8.66. The highest BCUT2D eigenvalue weighted by Crippen LogP contribution is 2.50. The van der Waals surface area contributed by atoms with Gasteiger partial charge < -0.3 is 19.2 Å². The highest BCUT2D eigenvalue weighted by atomic mass is 16.5. The van der Waals surface area contributed by atoms with Crippen molar-refractivity contribution in [3.8, 4) is 0 Å². The van der Waals surface area contributed by atoms with Gasteiger partial charge in [0.2, 0.25) is 5.91 Å². The second kappa shape index (κ2) is 6.94. The fourth-order valence-corrected chi connectivity index (χ4v) is 5.49. The molecule has 0 bridgehead atoms. The molecule has 1 amide bonds. The number of nitrogens with zero attached hydrogens (tertiary/aromatic N) is 4. The van der Waals surface area contributed by atoms with Crippen molar-refractivity contribution in [1.29, 1.82) is 0 Å². The molecule has 1 atom stereocenters. The van der Waals surface area contributed by atoms with E-state index in [1.807, 2.05) is 24.7 Å². The van der Waals surface area contributed by atoms with Crippen LogP contribution in [0.2, 0.25) is 0 Å². The van der Waals surface area contributed by atoms with Crippen LogP contribution in [0.15, 0.2) is 36.8 Å². The van der Waals surface area contributed by atoms with Crippen molar-refractivity contribution < 1.29 is 9.53 Å². The van der Waals surface area contributed by atoms with E-state index in [1.165, 1.54) is 12.8 Å². The van der Waals surface area contributed by atoms with Gasteiger partial charge in [-0.05, 0) is 37.3 Å². The van der Waals surface area contributed by atoms with E-state index < -0.39 is 0 Å². The fourth-order valence-electron chi connectivity index (χ4n) is 5.49. The molecule has 156 valence electrons. The first-order valence-corrected chi connectivity index (χ1v) is 11.0. The number of aromatic nitrogens is 4. The van der Waals surface area contributed by atoms with E-state index in [2.05, 4.69) is 36.8 Å². The molecule has 7 heteroatoms. The highest BCUT2D eigenvalue weighted by Gasteiger charge is 2.51. The number of carbonyl (C=O) groups excluding carboxylic acids is 1. The van der Waals surface area contributed by atoms with Crippen molar-refractivity contribution in [3.05, 3.63) is 48.2 Å². The number of benzene rings is 1. The minimum atomic E-state index is 0.0494. The van der Waals surface area contributed by atoms with E-state index >= 15 is 0 Å². The van der Waals surface area contributed by atoms with E-state index in [0.717, 1.165) is 61.4 Å². The summed E-state index contributed by atoms with van der Waals surface area (Å²) >= 11 is 0. The zero-order valence-electron chi connectivity index (χ0n) is 17.1. The molecule has 2 aliphatic heterocycles. The summed E-state index contributed by atoms with van der Waals surface area (Å²) in [5.41, 5.74) is 2.20. The minimum Gasteiger partial charge on any atom is -0.381 e. The Morgan fingerprint density at radius 3 is 2.90 bits per heavy atom. The molecule has 3 fully saturated rings. The Kier molecular flexibility index (Phi) is 4.19. The summed E-state index contributed by atoms with van der Waals surface area (Å²) in [5, 5.41) is 9.93. The monoisotopic (exact) mass is 405 g/mol. The Morgan fingerprint density at radius 2 is 2.07 bits per heavy atom. The number of para-hydroxylation sites is 1. The maximum absolute atomic E-state index is 13.4. The number of ether oxygens (including phenoxy) is 1. The van der Waals surface area contributed by atoms with Crippen LogP contribution in [0.4, 0.5) is 0 Å². The molecular weight excluding hydrogens is 378 g/mol. The van der Waals surface area contributed by atoms with Gasteiger partial charge in [0.1, 0.15) is 12.2 Å². The molecule has 1 aromatic carbocycles.